The summed E-state index contributed by atoms with van der Waals surface area (Å²) in [6, 6.07) is 6.65. The van der Waals surface area contributed by atoms with Crippen molar-refractivity contribution in [2.45, 2.75) is 32.0 Å². The van der Waals surface area contributed by atoms with Crippen LogP contribution < -0.4 is 0 Å². The van der Waals surface area contributed by atoms with E-state index in [2.05, 4.69) is 28.2 Å². The standard InChI is InChI=1S/C15H20N2O2/c1-18-11-13-4-5-15(19-13)14-3-2-8-17(14)10-12-6-7-16-9-12/h4-7,9,14,16H,2-3,8,10-11H2,1H3. The van der Waals surface area contributed by atoms with Crippen LogP contribution in [0, 0.1) is 0 Å². The Hall–Kier alpha value is -1.52. The molecular formula is C15H20N2O2. The number of ether oxygens (including phenoxy) is 1. The van der Waals surface area contributed by atoms with E-state index in [1.165, 1.54) is 18.4 Å². The molecule has 4 heteroatoms. The number of hydrogen-bond acceptors (Lipinski definition) is 3. The number of nitrogens with zero attached hydrogens (tertiary/aromatic N) is 1. The van der Waals surface area contributed by atoms with Crippen molar-refractivity contribution in [1.82, 2.24) is 9.88 Å². The number of H-pyrrole nitrogens is 1. The normalized spacial score (nSPS) is 20.2. The number of nitrogens with one attached hydrogen (secondary N) is 1. The number of likely N-dealkylation sites (tertiary alicyclic amines) is 1. The molecule has 2 aromatic rings. The summed E-state index contributed by atoms with van der Waals surface area (Å²) in [7, 11) is 1.69. The van der Waals surface area contributed by atoms with Gasteiger partial charge in [0.25, 0.3) is 0 Å². The van der Waals surface area contributed by atoms with Crippen molar-refractivity contribution in [2.24, 2.45) is 0 Å². The van der Waals surface area contributed by atoms with Crippen LogP contribution in [-0.2, 0) is 17.9 Å². The smallest absolute Gasteiger partial charge is 0.129 e. The Morgan fingerprint density at radius 2 is 2.37 bits per heavy atom. The van der Waals surface area contributed by atoms with Crippen molar-refractivity contribution in [3.8, 4) is 0 Å². The summed E-state index contributed by atoms with van der Waals surface area (Å²) < 4.78 is 11.0. The van der Waals surface area contributed by atoms with Gasteiger partial charge >= 0.3 is 0 Å². The van der Waals surface area contributed by atoms with Gasteiger partial charge in [-0.15, -0.1) is 0 Å². The summed E-state index contributed by atoms with van der Waals surface area (Å²) in [5, 5.41) is 0. The van der Waals surface area contributed by atoms with E-state index in [1.807, 2.05) is 12.3 Å². The number of hydrogen-bond donors (Lipinski definition) is 1. The Morgan fingerprint density at radius 1 is 1.42 bits per heavy atom. The van der Waals surface area contributed by atoms with E-state index < -0.39 is 0 Å². The Kier molecular flexibility index (Phi) is 3.71. The zero-order valence-electron chi connectivity index (χ0n) is 11.3. The fourth-order valence-corrected chi connectivity index (χ4v) is 2.82. The molecule has 1 unspecified atom stereocenters. The molecule has 3 heterocycles. The van der Waals surface area contributed by atoms with Crippen molar-refractivity contribution in [3.05, 3.63) is 47.7 Å². The molecule has 19 heavy (non-hydrogen) atoms. The fourth-order valence-electron chi connectivity index (χ4n) is 2.82. The van der Waals surface area contributed by atoms with E-state index in [0.717, 1.165) is 24.6 Å². The molecule has 1 aliphatic heterocycles. The first kappa shape index (κ1) is 12.5. The number of aromatic amines is 1. The molecule has 0 radical (unpaired) electrons. The highest BCUT2D eigenvalue weighted by atomic mass is 16.5. The maximum Gasteiger partial charge on any atom is 0.129 e. The lowest BCUT2D eigenvalue weighted by molar-refractivity contribution is 0.155. The van der Waals surface area contributed by atoms with Gasteiger partial charge in [-0.05, 0) is 43.1 Å². The molecule has 4 nitrogen and oxygen atoms in total. The third kappa shape index (κ3) is 2.74. The molecule has 1 N–H and O–H groups in total. The average Bonchev–Trinajstić information content (AvgIpc) is 3.11. The quantitative estimate of drug-likeness (QED) is 0.898. The predicted molar refractivity (Wildman–Crippen MR) is 72.6 cm³/mol. The first-order chi connectivity index (χ1) is 9.36. The largest absolute Gasteiger partial charge is 0.462 e. The first-order valence-electron chi connectivity index (χ1n) is 6.80. The second kappa shape index (κ2) is 5.63. The molecule has 2 aromatic heterocycles. The van der Waals surface area contributed by atoms with Gasteiger partial charge in [0.1, 0.15) is 18.1 Å². The summed E-state index contributed by atoms with van der Waals surface area (Å²) in [5.41, 5.74) is 1.33. The van der Waals surface area contributed by atoms with Crippen molar-refractivity contribution >= 4 is 0 Å². The zero-order valence-corrected chi connectivity index (χ0v) is 11.3. The Balaban J connectivity index is 1.71. The van der Waals surface area contributed by atoms with Gasteiger partial charge in [0.2, 0.25) is 0 Å². The molecule has 102 valence electrons. The van der Waals surface area contributed by atoms with Gasteiger partial charge < -0.3 is 14.1 Å². The van der Waals surface area contributed by atoms with Crippen LogP contribution in [0.15, 0.2) is 35.0 Å². The minimum Gasteiger partial charge on any atom is -0.462 e. The second-order valence-electron chi connectivity index (χ2n) is 5.08. The maximum atomic E-state index is 5.88. The molecular weight excluding hydrogens is 240 g/mol. The van der Waals surface area contributed by atoms with Gasteiger partial charge in [0, 0.05) is 26.0 Å². The molecule has 3 rings (SSSR count). The van der Waals surface area contributed by atoms with Crippen LogP contribution in [0.4, 0.5) is 0 Å². The van der Waals surface area contributed by atoms with Gasteiger partial charge in [-0.1, -0.05) is 0 Å². The number of methoxy groups -OCH3 is 1. The molecule has 0 bridgehead atoms. The molecule has 0 aromatic carbocycles. The average molecular weight is 260 g/mol. The van der Waals surface area contributed by atoms with Crippen molar-refractivity contribution in [1.29, 1.82) is 0 Å². The topological polar surface area (TPSA) is 41.4 Å². The van der Waals surface area contributed by atoms with Gasteiger partial charge in [-0.3, -0.25) is 4.90 Å². The number of furan rings is 1. The molecule has 0 saturated carbocycles. The van der Waals surface area contributed by atoms with E-state index in [9.17, 15) is 0 Å². The van der Waals surface area contributed by atoms with Crippen LogP contribution in [0.25, 0.3) is 0 Å². The fraction of sp³-hybridized carbons (Fsp3) is 0.467. The third-order valence-electron chi connectivity index (χ3n) is 3.71. The minimum absolute atomic E-state index is 0.403. The Morgan fingerprint density at radius 3 is 3.16 bits per heavy atom. The van der Waals surface area contributed by atoms with Crippen molar-refractivity contribution in [2.75, 3.05) is 13.7 Å². The highest BCUT2D eigenvalue weighted by Crippen LogP contribution is 2.34. The van der Waals surface area contributed by atoms with Crippen molar-refractivity contribution in [3.63, 3.8) is 0 Å². The summed E-state index contributed by atoms with van der Waals surface area (Å²) in [4.78, 5) is 5.60. The number of rotatable bonds is 5. The van der Waals surface area contributed by atoms with E-state index in [1.54, 1.807) is 7.11 Å². The maximum absolute atomic E-state index is 5.88. The molecule has 1 atom stereocenters. The van der Waals surface area contributed by atoms with Crippen LogP contribution in [-0.4, -0.2) is 23.5 Å². The second-order valence-corrected chi connectivity index (χ2v) is 5.08. The zero-order chi connectivity index (χ0) is 13.1. The molecule has 0 spiro atoms. The van der Waals surface area contributed by atoms with Crippen LogP contribution in [0.5, 0.6) is 0 Å². The minimum atomic E-state index is 0.403. The van der Waals surface area contributed by atoms with Crippen LogP contribution in [0.3, 0.4) is 0 Å². The Labute approximate surface area is 113 Å². The summed E-state index contributed by atoms with van der Waals surface area (Å²) in [5.74, 6) is 1.98. The van der Waals surface area contributed by atoms with Gasteiger partial charge in [-0.25, -0.2) is 0 Å². The lowest BCUT2D eigenvalue weighted by atomic mass is 10.1. The summed E-state index contributed by atoms with van der Waals surface area (Å²) in [6.45, 7) is 2.66. The van der Waals surface area contributed by atoms with E-state index in [4.69, 9.17) is 9.15 Å². The Bertz CT molecular complexity index is 504. The molecule has 1 fully saturated rings. The van der Waals surface area contributed by atoms with Crippen LogP contribution in [0.2, 0.25) is 0 Å². The lowest BCUT2D eigenvalue weighted by Crippen LogP contribution is -2.22. The van der Waals surface area contributed by atoms with Gasteiger partial charge in [0.05, 0.1) is 6.04 Å². The predicted octanol–water partition coefficient (Wildman–Crippen LogP) is 3.09. The highest BCUT2D eigenvalue weighted by Gasteiger charge is 2.28. The highest BCUT2D eigenvalue weighted by molar-refractivity contribution is 5.14. The van der Waals surface area contributed by atoms with E-state index in [0.29, 0.717) is 12.6 Å². The number of aromatic nitrogens is 1. The summed E-state index contributed by atoms with van der Waals surface area (Å²) >= 11 is 0. The van der Waals surface area contributed by atoms with E-state index in [-0.39, 0.29) is 0 Å². The SMILES string of the molecule is COCc1ccc(C2CCCN2Cc2cc[nH]c2)o1. The molecule has 1 saturated heterocycles. The molecule has 0 aliphatic carbocycles. The van der Waals surface area contributed by atoms with Gasteiger partial charge in [-0.2, -0.15) is 0 Å². The molecule has 0 amide bonds. The monoisotopic (exact) mass is 260 g/mol. The summed E-state index contributed by atoms with van der Waals surface area (Å²) in [6.07, 6.45) is 6.44. The lowest BCUT2D eigenvalue weighted by Gasteiger charge is -2.22. The first-order valence-corrected chi connectivity index (χ1v) is 6.80. The van der Waals surface area contributed by atoms with E-state index >= 15 is 0 Å². The van der Waals surface area contributed by atoms with Gasteiger partial charge in [0.15, 0.2) is 0 Å². The van der Waals surface area contributed by atoms with Crippen LogP contribution in [0.1, 0.15) is 36.0 Å². The third-order valence-corrected chi connectivity index (χ3v) is 3.71. The van der Waals surface area contributed by atoms with Crippen LogP contribution >= 0.6 is 0 Å². The molecule has 1 aliphatic rings. The van der Waals surface area contributed by atoms with Crippen molar-refractivity contribution < 1.29 is 9.15 Å².